The smallest absolute Gasteiger partial charge is 0.228 e. The van der Waals surface area contributed by atoms with Crippen molar-refractivity contribution in [1.29, 1.82) is 0 Å². The SMILES string of the molecule is CCC(=O)N1CCC[C@@H](C(=O)N2CCOC[C@@H]2c2ccc(C)o2)C1. The topological polar surface area (TPSA) is 63.0 Å². The molecule has 0 bridgehead atoms. The van der Waals surface area contributed by atoms with Crippen molar-refractivity contribution >= 4 is 11.8 Å². The number of carbonyl (C=O) groups is 2. The number of ether oxygens (including phenoxy) is 1. The van der Waals surface area contributed by atoms with E-state index >= 15 is 0 Å². The van der Waals surface area contributed by atoms with Crippen molar-refractivity contribution in [1.82, 2.24) is 9.80 Å². The minimum Gasteiger partial charge on any atom is -0.464 e. The largest absolute Gasteiger partial charge is 0.464 e. The monoisotopic (exact) mass is 334 g/mol. The molecule has 2 atom stereocenters. The Kier molecular flexibility index (Phi) is 5.23. The summed E-state index contributed by atoms with van der Waals surface area (Å²) in [6.45, 7) is 6.64. The second-order valence-electron chi connectivity index (χ2n) is 6.60. The first-order valence-corrected chi connectivity index (χ1v) is 8.82. The predicted molar refractivity (Wildman–Crippen MR) is 88.3 cm³/mol. The van der Waals surface area contributed by atoms with E-state index in [1.54, 1.807) is 0 Å². The number of furan rings is 1. The zero-order valence-corrected chi connectivity index (χ0v) is 14.5. The third-order valence-corrected chi connectivity index (χ3v) is 4.93. The van der Waals surface area contributed by atoms with Crippen LogP contribution in [0.3, 0.4) is 0 Å². The molecule has 2 fully saturated rings. The average molecular weight is 334 g/mol. The lowest BCUT2D eigenvalue weighted by Gasteiger charge is -2.39. The zero-order chi connectivity index (χ0) is 17.1. The lowest BCUT2D eigenvalue weighted by molar-refractivity contribution is -0.148. The Hall–Kier alpha value is -1.82. The number of aryl methyl sites for hydroxylation is 1. The summed E-state index contributed by atoms with van der Waals surface area (Å²) < 4.78 is 11.3. The zero-order valence-electron chi connectivity index (χ0n) is 14.5. The van der Waals surface area contributed by atoms with Crippen LogP contribution in [-0.2, 0) is 14.3 Å². The summed E-state index contributed by atoms with van der Waals surface area (Å²) in [5, 5.41) is 0. The molecule has 0 saturated carbocycles. The van der Waals surface area contributed by atoms with Gasteiger partial charge in [0.25, 0.3) is 0 Å². The van der Waals surface area contributed by atoms with Crippen molar-refractivity contribution in [2.45, 2.75) is 39.2 Å². The molecule has 0 spiro atoms. The van der Waals surface area contributed by atoms with Crippen LogP contribution in [0.15, 0.2) is 16.5 Å². The molecule has 0 radical (unpaired) electrons. The summed E-state index contributed by atoms with van der Waals surface area (Å²) in [4.78, 5) is 28.8. The van der Waals surface area contributed by atoms with Crippen molar-refractivity contribution < 1.29 is 18.7 Å². The van der Waals surface area contributed by atoms with Gasteiger partial charge in [-0.2, -0.15) is 0 Å². The Bertz CT molecular complexity index is 598. The molecule has 6 heteroatoms. The molecule has 0 unspecified atom stereocenters. The van der Waals surface area contributed by atoms with E-state index in [2.05, 4.69) is 0 Å². The van der Waals surface area contributed by atoms with Crippen LogP contribution in [0, 0.1) is 12.8 Å². The maximum atomic E-state index is 13.1. The molecule has 0 aliphatic carbocycles. The third-order valence-electron chi connectivity index (χ3n) is 4.93. The van der Waals surface area contributed by atoms with Crippen LogP contribution in [0.1, 0.15) is 43.7 Å². The fraction of sp³-hybridized carbons (Fsp3) is 0.667. The maximum absolute atomic E-state index is 13.1. The third kappa shape index (κ3) is 3.48. The highest BCUT2D eigenvalue weighted by Gasteiger charge is 2.36. The summed E-state index contributed by atoms with van der Waals surface area (Å²) in [6, 6.07) is 3.66. The van der Waals surface area contributed by atoms with Gasteiger partial charge in [-0.25, -0.2) is 0 Å². The fourth-order valence-electron chi connectivity index (χ4n) is 3.60. The Morgan fingerprint density at radius 1 is 1.29 bits per heavy atom. The molecule has 2 aliphatic rings. The maximum Gasteiger partial charge on any atom is 0.228 e. The number of amides is 2. The van der Waals surface area contributed by atoms with Crippen molar-refractivity contribution in [3.63, 3.8) is 0 Å². The molecular weight excluding hydrogens is 308 g/mol. The van der Waals surface area contributed by atoms with Crippen LogP contribution in [-0.4, -0.2) is 54.5 Å². The van der Waals surface area contributed by atoms with Gasteiger partial charge in [-0.05, 0) is 31.9 Å². The van der Waals surface area contributed by atoms with E-state index in [0.29, 0.717) is 32.7 Å². The molecule has 3 heterocycles. The molecule has 0 aromatic carbocycles. The quantitative estimate of drug-likeness (QED) is 0.849. The molecule has 2 amide bonds. The number of hydrogen-bond acceptors (Lipinski definition) is 4. The first-order valence-electron chi connectivity index (χ1n) is 8.82. The summed E-state index contributed by atoms with van der Waals surface area (Å²) in [7, 11) is 0. The number of hydrogen-bond donors (Lipinski definition) is 0. The van der Waals surface area contributed by atoms with E-state index in [0.717, 1.165) is 30.9 Å². The van der Waals surface area contributed by atoms with Crippen molar-refractivity contribution in [2.75, 3.05) is 32.8 Å². The number of carbonyl (C=O) groups excluding carboxylic acids is 2. The number of morpholine rings is 1. The normalized spacial score (nSPS) is 24.9. The summed E-state index contributed by atoms with van der Waals surface area (Å²) in [5.41, 5.74) is 0. The van der Waals surface area contributed by atoms with Gasteiger partial charge in [0, 0.05) is 26.1 Å². The summed E-state index contributed by atoms with van der Waals surface area (Å²) in [6.07, 6.45) is 2.22. The second kappa shape index (κ2) is 7.38. The van der Waals surface area contributed by atoms with Crippen LogP contribution >= 0.6 is 0 Å². The lowest BCUT2D eigenvalue weighted by atomic mass is 9.95. The Morgan fingerprint density at radius 3 is 2.83 bits per heavy atom. The Labute approximate surface area is 142 Å². The van der Waals surface area contributed by atoms with Crippen molar-refractivity contribution in [3.05, 3.63) is 23.7 Å². The molecule has 2 saturated heterocycles. The molecule has 3 rings (SSSR count). The average Bonchev–Trinajstić information content (AvgIpc) is 3.06. The van der Waals surface area contributed by atoms with Gasteiger partial charge in [-0.1, -0.05) is 6.92 Å². The van der Waals surface area contributed by atoms with Crippen LogP contribution in [0.25, 0.3) is 0 Å². The van der Waals surface area contributed by atoms with Gasteiger partial charge in [0.1, 0.15) is 17.6 Å². The van der Waals surface area contributed by atoms with Gasteiger partial charge in [0.15, 0.2) is 0 Å². The lowest BCUT2D eigenvalue weighted by Crippen LogP contribution is -2.50. The highest BCUT2D eigenvalue weighted by atomic mass is 16.5. The number of rotatable bonds is 3. The van der Waals surface area contributed by atoms with Gasteiger partial charge in [0.2, 0.25) is 11.8 Å². The van der Waals surface area contributed by atoms with Gasteiger partial charge >= 0.3 is 0 Å². The first-order chi connectivity index (χ1) is 11.6. The van der Waals surface area contributed by atoms with Gasteiger partial charge in [-0.3, -0.25) is 9.59 Å². The highest BCUT2D eigenvalue weighted by Crippen LogP contribution is 2.29. The summed E-state index contributed by atoms with van der Waals surface area (Å²) >= 11 is 0. The molecule has 2 aliphatic heterocycles. The molecule has 0 N–H and O–H groups in total. The minimum absolute atomic E-state index is 0.117. The standard InChI is InChI=1S/C18H26N2O4/c1-3-17(21)19-8-4-5-14(11-19)18(22)20-9-10-23-12-15(20)16-7-6-13(2)24-16/h6-7,14-15H,3-5,8-12H2,1-2H3/t14-,15-/m1/s1. The van der Waals surface area contributed by atoms with E-state index in [9.17, 15) is 9.59 Å². The molecule has 132 valence electrons. The summed E-state index contributed by atoms with van der Waals surface area (Å²) in [5.74, 6) is 1.74. The number of likely N-dealkylation sites (tertiary alicyclic amines) is 1. The van der Waals surface area contributed by atoms with Gasteiger partial charge in [0.05, 0.1) is 19.1 Å². The fourth-order valence-corrected chi connectivity index (χ4v) is 3.60. The van der Waals surface area contributed by atoms with Crippen LogP contribution in [0.2, 0.25) is 0 Å². The molecule has 6 nitrogen and oxygen atoms in total. The molecule has 1 aromatic rings. The van der Waals surface area contributed by atoms with Crippen LogP contribution in [0.5, 0.6) is 0 Å². The van der Waals surface area contributed by atoms with E-state index in [1.165, 1.54) is 0 Å². The number of nitrogens with zero attached hydrogens (tertiary/aromatic N) is 2. The van der Waals surface area contributed by atoms with Crippen LogP contribution < -0.4 is 0 Å². The first kappa shape index (κ1) is 17.0. The van der Waals surface area contributed by atoms with E-state index in [-0.39, 0.29) is 23.8 Å². The van der Waals surface area contributed by atoms with Crippen LogP contribution in [0.4, 0.5) is 0 Å². The van der Waals surface area contributed by atoms with E-state index < -0.39 is 0 Å². The molecule has 1 aromatic heterocycles. The van der Waals surface area contributed by atoms with Gasteiger partial charge < -0.3 is 19.0 Å². The Morgan fingerprint density at radius 2 is 2.12 bits per heavy atom. The molecular formula is C18H26N2O4. The van der Waals surface area contributed by atoms with Gasteiger partial charge in [-0.15, -0.1) is 0 Å². The van der Waals surface area contributed by atoms with E-state index in [4.69, 9.17) is 9.15 Å². The van der Waals surface area contributed by atoms with Crippen molar-refractivity contribution in [2.24, 2.45) is 5.92 Å². The predicted octanol–water partition coefficient (Wildman–Crippen LogP) is 2.14. The molecule has 24 heavy (non-hydrogen) atoms. The second-order valence-corrected chi connectivity index (χ2v) is 6.60. The number of piperidine rings is 1. The van der Waals surface area contributed by atoms with E-state index in [1.807, 2.05) is 35.8 Å². The Balaban J connectivity index is 1.73. The van der Waals surface area contributed by atoms with Crippen molar-refractivity contribution in [3.8, 4) is 0 Å². The minimum atomic E-state index is -0.169. The highest BCUT2D eigenvalue weighted by molar-refractivity contribution is 5.81.